The number of hydrogen-bond acceptors (Lipinski definition) is 2. The second-order valence-corrected chi connectivity index (χ2v) is 5.19. The van der Waals surface area contributed by atoms with Crippen LogP contribution in [0.2, 0.25) is 0 Å². The maximum Gasteiger partial charge on any atom is 0.0828 e. The minimum atomic E-state index is -0.237. The number of aryl methyl sites for hydroxylation is 1. The molecule has 2 atom stereocenters. The van der Waals surface area contributed by atoms with Crippen molar-refractivity contribution in [2.24, 2.45) is 11.8 Å². The largest absolute Gasteiger partial charge is 0.388 e. The Morgan fingerprint density at radius 2 is 2.23 bits per heavy atom. The van der Waals surface area contributed by atoms with Crippen LogP contribution in [0.1, 0.15) is 36.3 Å². The first-order valence-corrected chi connectivity index (χ1v) is 5.80. The highest BCUT2D eigenvalue weighted by Gasteiger charge is 2.33. The molecule has 0 aromatic carbocycles. The zero-order chi connectivity index (χ0) is 9.42. The van der Waals surface area contributed by atoms with E-state index in [1.165, 1.54) is 17.7 Å². The summed E-state index contributed by atoms with van der Waals surface area (Å²) in [6.45, 7) is 4.25. The lowest BCUT2D eigenvalue weighted by atomic mass is 9.94. The standard InChI is InChI=1S/C11H16OS/c1-7(9-3-4-9)11(12)10-5-6-13-8(10)2/h5-7,9,11-12H,3-4H2,1-2H3. The Hall–Kier alpha value is -0.340. The molecule has 2 unspecified atom stereocenters. The second kappa shape index (κ2) is 3.43. The van der Waals surface area contributed by atoms with Gasteiger partial charge in [0.2, 0.25) is 0 Å². The van der Waals surface area contributed by atoms with Crippen LogP contribution in [0.25, 0.3) is 0 Å². The molecule has 0 spiro atoms. The topological polar surface area (TPSA) is 20.2 Å². The lowest BCUT2D eigenvalue weighted by Gasteiger charge is -2.18. The van der Waals surface area contributed by atoms with Crippen molar-refractivity contribution < 1.29 is 5.11 Å². The molecule has 0 saturated heterocycles. The van der Waals surface area contributed by atoms with Gasteiger partial charge in [-0.1, -0.05) is 6.92 Å². The molecule has 1 N–H and O–H groups in total. The van der Waals surface area contributed by atoms with Gasteiger partial charge in [0.15, 0.2) is 0 Å². The van der Waals surface area contributed by atoms with Crippen LogP contribution in [0.15, 0.2) is 11.4 Å². The molecule has 1 aliphatic rings. The molecule has 1 aliphatic carbocycles. The van der Waals surface area contributed by atoms with Crippen LogP contribution in [0.3, 0.4) is 0 Å². The van der Waals surface area contributed by atoms with Crippen molar-refractivity contribution in [2.45, 2.75) is 32.8 Å². The predicted octanol–water partition coefficient (Wildman–Crippen LogP) is 3.14. The maximum absolute atomic E-state index is 10.1. The van der Waals surface area contributed by atoms with Crippen molar-refractivity contribution in [1.82, 2.24) is 0 Å². The van der Waals surface area contributed by atoms with Gasteiger partial charge in [-0.3, -0.25) is 0 Å². The summed E-state index contributed by atoms with van der Waals surface area (Å²) in [6, 6.07) is 2.06. The molecule has 2 heteroatoms. The molecule has 0 bridgehead atoms. The van der Waals surface area contributed by atoms with E-state index in [9.17, 15) is 5.11 Å². The normalized spacial score (nSPS) is 21.5. The number of aliphatic hydroxyl groups excluding tert-OH is 1. The van der Waals surface area contributed by atoms with Gasteiger partial charge < -0.3 is 5.11 Å². The van der Waals surface area contributed by atoms with Crippen molar-refractivity contribution in [1.29, 1.82) is 0 Å². The van der Waals surface area contributed by atoms with E-state index in [0.717, 1.165) is 11.5 Å². The summed E-state index contributed by atoms with van der Waals surface area (Å²) in [6.07, 6.45) is 2.38. The van der Waals surface area contributed by atoms with E-state index in [1.807, 2.05) is 0 Å². The monoisotopic (exact) mass is 196 g/mol. The Kier molecular flexibility index (Phi) is 2.43. The second-order valence-electron chi connectivity index (χ2n) is 4.07. The molecule has 1 aromatic heterocycles. The van der Waals surface area contributed by atoms with Gasteiger partial charge in [-0.2, -0.15) is 0 Å². The quantitative estimate of drug-likeness (QED) is 0.787. The highest BCUT2D eigenvalue weighted by molar-refractivity contribution is 7.10. The van der Waals surface area contributed by atoms with Gasteiger partial charge in [0.1, 0.15) is 0 Å². The smallest absolute Gasteiger partial charge is 0.0828 e. The summed E-state index contributed by atoms with van der Waals surface area (Å²) in [5.41, 5.74) is 1.14. The predicted molar refractivity (Wildman–Crippen MR) is 55.9 cm³/mol. The Bertz CT molecular complexity index is 288. The fourth-order valence-corrected chi connectivity index (χ4v) is 2.61. The van der Waals surface area contributed by atoms with Gasteiger partial charge in [-0.15, -0.1) is 11.3 Å². The van der Waals surface area contributed by atoms with E-state index in [4.69, 9.17) is 0 Å². The van der Waals surface area contributed by atoms with E-state index in [1.54, 1.807) is 11.3 Å². The lowest BCUT2D eigenvalue weighted by molar-refractivity contribution is 0.106. The van der Waals surface area contributed by atoms with Gasteiger partial charge in [0, 0.05) is 4.88 Å². The molecular weight excluding hydrogens is 180 g/mol. The molecule has 1 nitrogen and oxygen atoms in total. The summed E-state index contributed by atoms with van der Waals surface area (Å²) in [5, 5.41) is 12.1. The van der Waals surface area contributed by atoms with Crippen LogP contribution in [0, 0.1) is 18.8 Å². The highest BCUT2D eigenvalue weighted by atomic mass is 32.1. The van der Waals surface area contributed by atoms with Crippen LogP contribution in [0.5, 0.6) is 0 Å². The lowest BCUT2D eigenvalue weighted by Crippen LogP contribution is -2.11. The summed E-state index contributed by atoms with van der Waals surface area (Å²) in [4.78, 5) is 1.26. The summed E-state index contributed by atoms with van der Waals surface area (Å²) < 4.78 is 0. The molecule has 1 heterocycles. The third-order valence-corrected chi connectivity index (χ3v) is 3.94. The molecule has 72 valence electrons. The van der Waals surface area contributed by atoms with Crippen molar-refractivity contribution in [2.75, 3.05) is 0 Å². The number of rotatable bonds is 3. The fourth-order valence-electron chi connectivity index (χ4n) is 1.86. The minimum absolute atomic E-state index is 0.237. The molecule has 0 radical (unpaired) electrons. The van der Waals surface area contributed by atoms with Crippen molar-refractivity contribution in [3.8, 4) is 0 Å². The van der Waals surface area contributed by atoms with Crippen LogP contribution in [-0.4, -0.2) is 5.11 Å². The molecule has 1 fully saturated rings. The molecule has 1 aromatic rings. The van der Waals surface area contributed by atoms with Gasteiger partial charge >= 0.3 is 0 Å². The van der Waals surface area contributed by atoms with Crippen LogP contribution < -0.4 is 0 Å². The summed E-state index contributed by atoms with van der Waals surface area (Å²) in [5.74, 6) is 1.21. The first kappa shape index (κ1) is 9.22. The van der Waals surface area contributed by atoms with Crippen LogP contribution >= 0.6 is 11.3 Å². The minimum Gasteiger partial charge on any atom is -0.388 e. The summed E-state index contributed by atoms with van der Waals surface area (Å²) in [7, 11) is 0. The number of hydrogen-bond donors (Lipinski definition) is 1. The first-order valence-electron chi connectivity index (χ1n) is 4.92. The third kappa shape index (κ3) is 1.79. The average molecular weight is 196 g/mol. The highest BCUT2D eigenvalue weighted by Crippen LogP contribution is 2.43. The molecule has 13 heavy (non-hydrogen) atoms. The molecule has 1 saturated carbocycles. The summed E-state index contributed by atoms with van der Waals surface area (Å²) >= 11 is 1.72. The van der Waals surface area contributed by atoms with Gasteiger partial charge in [-0.05, 0) is 48.6 Å². The van der Waals surface area contributed by atoms with E-state index >= 15 is 0 Å². The van der Waals surface area contributed by atoms with Gasteiger partial charge in [-0.25, -0.2) is 0 Å². The van der Waals surface area contributed by atoms with E-state index < -0.39 is 0 Å². The Labute approximate surface area is 83.4 Å². The van der Waals surface area contributed by atoms with Crippen molar-refractivity contribution in [3.63, 3.8) is 0 Å². The van der Waals surface area contributed by atoms with Crippen LogP contribution in [0.4, 0.5) is 0 Å². The molecule has 2 rings (SSSR count). The third-order valence-electron chi connectivity index (χ3n) is 3.08. The Morgan fingerprint density at radius 1 is 1.54 bits per heavy atom. The van der Waals surface area contributed by atoms with Gasteiger partial charge in [0.25, 0.3) is 0 Å². The SMILES string of the molecule is Cc1sccc1C(O)C(C)C1CC1. The number of thiophene rings is 1. The molecule has 0 amide bonds. The first-order chi connectivity index (χ1) is 6.20. The van der Waals surface area contributed by atoms with Crippen molar-refractivity contribution in [3.05, 3.63) is 21.9 Å². The van der Waals surface area contributed by atoms with E-state index in [2.05, 4.69) is 25.3 Å². The maximum atomic E-state index is 10.1. The van der Waals surface area contributed by atoms with Crippen LogP contribution in [-0.2, 0) is 0 Å². The average Bonchev–Trinajstić information content (AvgIpc) is 2.87. The fraction of sp³-hybridized carbons (Fsp3) is 0.636. The molecule has 0 aliphatic heterocycles. The van der Waals surface area contributed by atoms with E-state index in [-0.39, 0.29) is 6.10 Å². The Balaban J connectivity index is 2.11. The Morgan fingerprint density at radius 3 is 2.69 bits per heavy atom. The van der Waals surface area contributed by atoms with Gasteiger partial charge in [0.05, 0.1) is 6.10 Å². The van der Waals surface area contributed by atoms with E-state index in [0.29, 0.717) is 5.92 Å². The zero-order valence-corrected chi connectivity index (χ0v) is 8.97. The molecular formula is C11H16OS. The zero-order valence-electron chi connectivity index (χ0n) is 8.16. The number of aliphatic hydroxyl groups is 1. The van der Waals surface area contributed by atoms with Crippen molar-refractivity contribution >= 4 is 11.3 Å².